The number of nitrogen functional groups attached to an aromatic ring is 1. The lowest BCUT2D eigenvalue weighted by Crippen LogP contribution is -2.17. The molecule has 0 fully saturated rings. The number of rotatable bonds is 1. The fraction of sp³-hybridized carbons (Fsp3) is 0.154. The van der Waals surface area contributed by atoms with Crippen LogP contribution in [-0.4, -0.2) is 19.7 Å². The van der Waals surface area contributed by atoms with Crippen molar-refractivity contribution in [3.8, 4) is 5.69 Å². The average molecular weight is 383 g/mol. The number of halogens is 8. The maximum atomic E-state index is 13.9. The summed E-state index contributed by atoms with van der Waals surface area (Å²) in [6.45, 7) is 0. The van der Waals surface area contributed by atoms with E-state index in [1.54, 1.807) is 0 Å². The van der Waals surface area contributed by atoms with Crippen LogP contribution < -0.4 is 5.73 Å². The van der Waals surface area contributed by atoms with Crippen molar-refractivity contribution >= 4 is 16.9 Å². The van der Waals surface area contributed by atoms with Gasteiger partial charge >= 0.3 is 12.4 Å². The van der Waals surface area contributed by atoms with Gasteiger partial charge in [0.1, 0.15) is 17.3 Å². The summed E-state index contributed by atoms with van der Waals surface area (Å²) in [5, 5.41) is 2.37. The molecule has 3 rings (SSSR count). The van der Waals surface area contributed by atoms with E-state index in [0.29, 0.717) is 10.7 Å². The Bertz CT molecular complexity index is 1000. The molecule has 0 saturated carbocycles. The van der Waals surface area contributed by atoms with Crippen LogP contribution in [-0.2, 0) is 12.4 Å². The molecule has 2 heterocycles. The average Bonchev–Trinajstić information content (AvgIpc) is 2.81. The van der Waals surface area contributed by atoms with Crippen molar-refractivity contribution in [3.63, 3.8) is 0 Å². The highest BCUT2D eigenvalue weighted by molar-refractivity contribution is 5.90. The summed E-state index contributed by atoms with van der Waals surface area (Å²) < 4.78 is 105. The molecule has 3 aromatic rings. The molecule has 0 aliphatic heterocycles. The van der Waals surface area contributed by atoms with Gasteiger partial charge in [-0.3, -0.25) is 0 Å². The minimum atomic E-state index is -5.31. The Hall–Kier alpha value is -2.99. The molecule has 0 unspecified atom stereocenters. The van der Waals surface area contributed by atoms with Gasteiger partial charge in [-0.05, 0) is 12.1 Å². The third-order valence-electron chi connectivity index (χ3n) is 3.23. The Balaban J connectivity index is 2.38. The number of nitrogens with two attached hydrogens (primary N) is 1. The maximum absolute atomic E-state index is 13.9. The first-order chi connectivity index (χ1) is 11.9. The van der Waals surface area contributed by atoms with Crippen LogP contribution in [0, 0.1) is 11.6 Å². The first-order valence-electron chi connectivity index (χ1n) is 6.55. The van der Waals surface area contributed by atoms with Crippen molar-refractivity contribution in [1.29, 1.82) is 0 Å². The van der Waals surface area contributed by atoms with Crippen molar-refractivity contribution in [2.75, 3.05) is 5.73 Å². The summed E-state index contributed by atoms with van der Waals surface area (Å²) in [5.41, 5.74) is 1.92. The molecular formula is C13H5F8N5. The quantitative estimate of drug-likeness (QED) is 0.651. The van der Waals surface area contributed by atoms with Gasteiger partial charge in [-0.2, -0.15) is 26.3 Å². The highest BCUT2D eigenvalue weighted by Crippen LogP contribution is 2.38. The smallest absolute Gasteiger partial charge is 0.383 e. The van der Waals surface area contributed by atoms with E-state index in [1.165, 1.54) is 0 Å². The van der Waals surface area contributed by atoms with Crippen LogP contribution in [0.4, 0.5) is 40.9 Å². The van der Waals surface area contributed by atoms with Crippen LogP contribution in [0.25, 0.3) is 16.7 Å². The van der Waals surface area contributed by atoms with E-state index in [9.17, 15) is 35.1 Å². The second kappa shape index (κ2) is 5.51. The minimum Gasteiger partial charge on any atom is -0.383 e. The number of hydrogen-bond acceptors (Lipinski definition) is 4. The zero-order chi connectivity index (χ0) is 19.4. The number of anilines is 1. The zero-order valence-electron chi connectivity index (χ0n) is 12.1. The molecule has 2 aromatic heterocycles. The normalized spacial score (nSPS) is 12.8. The number of aromatic nitrogens is 4. The minimum absolute atomic E-state index is 0.392. The molecule has 0 radical (unpaired) electrons. The Morgan fingerprint density at radius 2 is 1.58 bits per heavy atom. The van der Waals surface area contributed by atoms with Crippen LogP contribution in [0.3, 0.4) is 0 Å². The van der Waals surface area contributed by atoms with E-state index in [1.807, 2.05) is 0 Å². The number of hydrogen-bond donors (Lipinski definition) is 1. The first-order valence-corrected chi connectivity index (χ1v) is 6.55. The summed E-state index contributed by atoms with van der Waals surface area (Å²) in [5.74, 6) is -5.17. The van der Waals surface area contributed by atoms with Gasteiger partial charge in [0.25, 0.3) is 0 Å². The highest BCUT2D eigenvalue weighted by Gasteiger charge is 2.43. The van der Waals surface area contributed by atoms with E-state index in [4.69, 9.17) is 5.73 Å². The molecule has 0 aliphatic carbocycles. The number of fused-ring (bicyclic) bond motifs is 1. The predicted octanol–water partition coefficient (Wildman–Crippen LogP) is 3.71. The lowest BCUT2D eigenvalue weighted by atomic mass is 10.2. The summed E-state index contributed by atoms with van der Waals surface area (Å²) in [4.78, 5) is 5.43. The van der Waals surface area contributed by atoms with Crippen LogP contribution in [0.15, 0.2) is 18.2 Å². The Labute approximate surface area is 138 Å². The van der Waals surface area contributed by atoms with Gasteiger partial charge in [0, 0.05) is 6.07 Å². The zero-order valence-corrected chi connectivity index (χ0v) is 12.1. The Kier molecular flexibility index (Phi) is 3.77. The van der Waals surface area contributed by atoms with Crippen molar-refractivity contribution in [1.82, 2.24) is 19.7 Å². The summed E-state index contributed by atoms with van der Waals surface area (Å²) in [7, 11) is 0. The van der Waals surface area contributed by atoms with E-state index >= 15 is 0 Å². The Morgan fingerprint density at radius 1 is 0.923 bits per heavy atom. The highest BCUT2D eigenvalue weighted by atomic mass is 19.4. The molecule has 0 aliphatic rings. The molecule has 0 amide bonds. The van der Waals surface area contributed by atoms with Gasteiger partial charge in [0.2, 0.25) is 5.82 Å². The SMILES string of the molecule is Nc1c2c(C(F)(F)F)nc(C(F)(F)F)nc2nn1-c1ccc(F)cc1F. The van der Waals surface area contributed by atoms with Crippen molar-refractivity contribution in [2.24, 2.45) is 0 Å². The van der Waals surface area contributed by atoms with Crippen molar-refractivity contribution in [2.45, 2.75) is 12.4 Å². The lowest BCUT2D eigenvalue weighted by molar-refractivity contribution is -0.151. The molecule has 26 heavy (non-hydrogen) atoms. The first kappa shape index (κ1) is 17.8. The third kappa shape index (κ3) is 2.88. The van der Waals surface area contributed by atoms with Crippen LogP contribution in [0.5, 0.6) is 0 Å². The maximum Gasteiger partial charge on any atom is 0.451 e. The van der Waals surface area contributed by atoms with Crippen LogP contribution in [0.2, 0.25) is 0 Å². The Morgan fingerprint density at radius 3 is 2.12 bits per heavy atom. The molecular weight excluding hydrogens is 378 g/mol. The lowest BCUT2D eigenvalue weighted by Gasteiger charge is -2.10. The van der Waals surface area contributed by atoms with Crippen LogP contribution in [0.1, 0.15) is 11.5 Å². The second-order valence-electron chi connectivity index (χ2n) is 4.98. The monoisotopic (exact) mass is 383 g/mol. The molecule has 0 saturated heterocycles. The number of nitrogens with zero attached hydrogens (tertiary/aromatic N) is 4. The standard InChI is InChI=1S/C13H5F8N5/c14-4-1-2-6(5(15)3-4)26-9(22)7-8(12(16,17)18)23-11(13(19,20)21)24-10(7)25-26/h1-3H,22H2. The van der Waals surface area contributed by atoms with Gasteiger partial charge in [-0.15, -0.1) is 5.10 Å². The third-order valence-corrected chi connectivity index (χ3v) is 3.23. The summed E-state index contributed by atoms with van der Waals surface area (Å²) >= 11 is 0. The van der Waals surface area contributed by atoms with Gasteiger partial charge in [-0.25, -0.2) is 23.4 Å². The molecule has 0 atom stereocenters. The predicted molar refractivity (Wildman–Crippen MR) is 71.0 cm³/mol. The largest absolute Gasteiger partial charge is 0.451 e. The molecule has 1 aromatic carbocycles. The molecule has 5 nitrogen and oxygen atoms in total. The van der Waals surface area contributed by atoms with Gasteiger partial charge in [0.05, 0.1) is 5.39 Å². The fourth-order valence-corrected chi connectivity index (χ4v) is 2.18. The van der Waals surface area contributed by atoms with E-state index in [0.717, 1.165) is 12.1 Å². The van der Waals surface area contributed by atoms with Gasteiger partial charge in [-0.1, -0.05) is 0 Å². The number of benzene rings is 1. The summed E-state index contributed by atoms with van der Waals surface area (Å²) in [6.07, 6.45) is -10.6. The molecule has 13 heteroatoms. The van der Waals surface area contributed by atoms with E-state index in [-0.39, 0.29) is 0 Å². The molecule has 138 valence electrons. The van der Waals surface area contributed by atoms with Crippen molar-refractivity contribution in [3.05, 3.63) is 41.4 Å². The molecule has 0 bridgehead atoms. The van der Waals surface area contributed by atoms with Gasteiger partial charge < -0.3 is 5.73 Å². The summed E-state index contributed by atoms with van der Waals surface area (Å²) in [6, 6.07) is 1.97. The number of alkyl halides is 6. The topological polar surface area (TPSA) is 69.6 Å². The van der Waals surface area contributed by atoms with Crippen LogP contribution >= 0.6 is 0 Å². The van der Waals surface area contributed by atoms with Crippen molar-refractivity contribution < 1.29 is 35.1 Å². The fourth-order valence-electron chi connectivity index (χ4n) is 2.18. The molecule has 0 spiro atoms. The van der Waals surface area contributed by atoms with E-state index < -0.39 is 58.0 Å². The second-order valence-corrected chi connectivity index (χ2v) is 4.98. The van der Waals surface area contributed by atoms with Gasteiger partial charge in [0.15, 0.2) is 17.2 Å². The molecule has 2 N–H and O–H groups in total. The van der Waals surface area contributed by atoms with E-state index in [2.05, 4.69) is 15.1 Å².